The van der Waals surface area contributed by atoms with E-state index in [0.717, 1.165) is 4.47 Å². The molecule has 3 N–H and O–H groups in total. The molecule has 1 aliphatic rings. The quantitative estimate of drug-likeness (QED) is 0.313. The highest BCUT2D eigenvalue weighted by atomic mass is 79.9. The molecule has 1 aliphatic heterocycles. The molecular formula is C23H17BrN2O5S. The fourth-order valence-corrected chi connectivity index (χ4v) is 4.39. The Morgan fingerprint density at radius 1 is 0.906 bits per heavy atom. The number of anilines is 1. The highest BCUT2D eigenvalue weighted by Gasteiger charge is 2.46. The molecule has 1 atom stereocenters. The number of nitrogens with two attached hydrogens (primary N) is 1. The van der Waals surface area contributed by atoms with Crippen LogP contribution in [0.4, 0.5) is 5.69 Å². The number of aliphatic hydroxyl groups is 1. The van der Waals surface area contributed by atoms with Gasteiger partial charge < -0.3 is 5.11 Å². The summed E-state index contributed by atoms with van der Waals surface area (Å²) in [6, 6.07) is 20.0. The van der Waals surface area contributed by atoms with Crippen molar-refractivity contribution in [2.24, 2.45) is 5.14 Å². The summed E-state index contributed by atoms with van der Waals surface area (Å²) in [5, 5.41) is 16.2. The normalized spacial score (nSPS) is 18.2. The van der Waals surface area contributed by atoms with Gasteiger partial charge in [-0.05, 0) is 42.0 Å². The van der Waals surface area contributed by atoms with Crippen molar-refractivity contribution < 1.29 is 23.1 Å². The van der Waals surface area contributed by atoms with Gasteiger partial charge in [-0.15, -0.1) is 0 Å². The molecule has 9 heteroatoms. The van der Waals surface area contributed by atoms with E-state index < -0.39 is 27.8 Å². The van der Waals surface area contributed by atoms with E-state index in [1.165, 1.54) is 29.2 Å². The van der Waals surface area contributed by atoms with Crippen molar-refractivity contribution >= 4 is 49.1 Å². The zero-order valence-electron chi connectivity index (χ0n) is 16.5. The first-order valence-electron chi connectivity index (χ1n) is 9.43. The Labute approximate surface area is 193 Å². The molecule has 4 rings (SSSR count). The minimum absolute atomic E-state index is 0.0564. The van der Waals surface area contributed by atoms with Crippen molar-refractivity contribution in [1.82, 2.24) is 0 Å². The van der Waals surface area contributed by atoms with E-state index in [1.54, 1.807) is 54.6 Å². The number of amides is 1. The van der Waals surface area contributed by atoms with Crippen molar-refractivity contribution in [1.29, 1.82) is 0 Å². The van der Waals surface area contributed by atoms with E-state index >= 15 is 0 Å². The van der Waals surface area contributed by atoms with Crippen LogP contribution in [0.15, 0.2) is 93.8 Å². The Balaban J connectivity index is 1.90. The Kier molecular flexibility index (Phi) is 5.72. The first kappa shape index (κ1) is 21.9. The Morgan fingerprint density at radius 3 is 2.06 bits per heavy atom. The molecule has 0 saturated carbocycles. The fourth-order valence-electron chi connectivity index (χ4n) is 3.61. The molecule has 7 nitrogen and oxygen atoms in total. The molecule has 3 aromatic carbocycles. The second-order valence-corrected chi connectivity index (χ2v) is 9.60. The standard InChI is InChI=1S/C23H17BrN2O5S/c24-16-8-6-15(7-9-16)21(27)19-20(14-4-2-1-3-5-14)26(23(29)22(19)28)17-10-12-18(13-11-17)32(25,30)31/h1-13,20,27H,(H2,25,30,31)/b21-19-. The summed E-state index contributed by atoms with van der Waals surface area (Å²) in [5.41, 5.74) is 1.24. The summed E-state index contributed by atoms with van der Waals surface area (Å²) in [7, 11) is -3.92. The first-order chi connectivity index (χ1) is 15.2. The zero-order chi connectivity index (χ0) is 23.0. The van der Waals surface area contributed by atoms with Gasteiger partial charge in [0.2, 0.25) is 10.0 Å². The van der Waals surface area contributed by atoms with Gasteiger partial charge in [-0.2, -0.15) is 0 Å². The highest BCUT2D eigenvalue weighted by Crippen LogP contribution is 2.42. The van der Waals surface area contributed by atoms with Crippen LogP contribution < -0.4 is 10.0 Å². The average molecular weight is 513 g/mol. The molecule has 0 bridgehead atoms. The van der Waals surface area contributed by atoms with Crippen molar-refractivity contribution in [3.8, 4) is 0 Å². The van der Waals surface area contributed by atoms with Crippen molar-refractivity contribution in [3.63, 3.8) is 0 Å². The van der Waals surface area contributed by atoms with E-state index in [-0.39, 0.29) is 16.2 Å². The summed E-state index contributed by atoms with van der Waals surface area (Å²) in [6.45, 7) is 0. The van der Waals surface area contributed by atoms with Gasteiger partial charge >= 0.3 is 0 Å². The number of ketones is 1. The van der Waals surface area contributed by atoms with Gasteiger partial charge in [-0.1, -0.05) is 58.4 Å². The zero-order valence-corrected chi connectivity index (χ0v) is 18.9. The lowest BCUT2D eigenvalue weighted by molar-refractivity contribution is -0.132. The molecule has 1 amide bonds. The summed E-state index contributed by atoms with van der Waals surface area (Å²) in [5.74, 6) is -1.97. The Morgan fingerprint density at radius 2 is 1.50 bits per heavy atom. The van der Waals surface area contributed by atoms with Crippen LogP contribution in [-0.2, 0) is 19.6 Å². The fraction of sp³-hybridized carbons (Fsp3) is 0.0435. The number of carbonyl (C=O) groups is 2. The maximum Gasteiger partial charge on any atom is 0.300 e. The molecule has 1 fully saturated rings. The number of aliphatic hydroxyl groups excluding tert-OH is 1. The number of rotatable bonds is 4. The van der Waals surface area contributed by atoms with E-state index in [4.69, 9.17) is 5.14 Å². The first-order valence-corrected chi connectivity index (χ1v) is 11.8. The number of primary sulfonamides is 1. The van der Waals surface area contributed by atoms with Crippen LogP contribution in [0.3, 0.4) is 0 Å². The second kappa shape index (κ2) is 8.34. The Hall–Kier alpha value is -3.27. The molecule has 0 radical (unpaired) electrons. The highest BCUT2D eigenvalue weighted by molar-refractivity contribution is 9.10. The van der Waals surface area contributed by atoms with Crippen LogP contribution in [0.1, 0.15) is 17.2 Å². The smallest absolute Gasteiger partial charge is 0.300 e. The van der Waals surface area contributed by atoms with Crippen LogP contribution in [0.5, 0.6) is 0 Å². The van der Waals surface area contributed by atoms with Gasteiger partial charge in [-0.3, -0.25) is 14.5 Å². The number of benzene rings is 3. The summed E-state index contributed by atoms with van der Waals surface area (Å²) >= 11 is 3.33. The predicted molar refractivity (Wildman–Crippen MR) is 123 cm³/mol. The molecule has 1 saturated heterocycles. The van der Waals surface area contributed by atoms with Crippen LogP contribution in [0, 0.1) is 0 Å². The topological polar surface area (TPSA) is 118 Å². The minimum Gasteiger partial charge on any atom is -0.507 e. The lowest BCUT2D eigenvalue weighted by Gasteiger charge is -2.25. The number of Topliss-reactive ketones (excluding diaryl/α,β-unsaturated/α-hetero) is 1. The van der Waals surface area contributed by atoms with E-state index in [1.807, 2.05) is 0 Å². The summed E-state index contributed by atoms with van der Waals surface area (Å²) < 4.78 is 24.0. The molecule has 0 spiro atoms. The lowest BCUT2D eigenvalue weighted by atomic mass is 9.95. The number of sulfonamides is 1. The lowest BCUT2D eigenvalue weighted by Crippen LogP contribution is -2.29. The molecular weight excluding hydrogens is 496 g/mol. The third kappa shape index (κ3) is 3.97. The van der Waals surface area contributed by atoms with E-state index in [0.29, 0.717) is 16.8 Å². The second-order valence-electron chi connectivity index (χ2n) is 7.13. The average Bonchev–Trinajstić information content (AvgIpc) is 3.04. The molecule has 162 valence electrons. The third-order valence-electron chi connectivity index (χ3n) is 5.12. The number of hydrogen-bond donors (Lipinski definition) is 2. The molecule has 1 unspecified atom stereocenters. The van der Waals surface area contributed by atoms with E-state index in [9.17, 15) is 23.1 Å². The molecule has 0 aromatic heterocycles. The molecule has 0 aliphatic carbocycles. The Bertz CT molecular complexity index is 1340. The van der Waals surface area contributed by atoms with Crippen LogP contribution in [0.25, 0.3) is 5.76 Å². The number of carbonyl (C=O) groups excluding carboxylic acids is 2. The van der Waals surface area contributed by atoms with E-state index in [2.05, 4.69) is 15.9 Å². The van der Waals surface area contributed by atoms with Gasteiger partial charge in [0.15, 0.2) is 0 Å². The molecule has 3 aromatic rings. The monoisotopic (exact) mass is 512 g/mol. The molecule has 1 heterocycles. The summed E-state index contributed by atoms with van der Waals surface area (Å²) in [4.78, 5) is 27.2. The maximum absolute atomic E-state index is 13.1. The predicted octanol–water partition coefficient (Wildman–Crippen LogP) is 3.72. The number of nitrogens with zero attached hydrogens (tertiary/aromatic N) is 1. The van der Waals surface area contributed by atoms with Crippen LogP contribution in [-0.4, -0.2) is 25.2 Å². The van der Waals surface area contributed by atoms with Crippen molar-refractivity contribution in [3.05, 3.63) is 100 Å². The van der Waals surface area contributed by atoms with Gasteiger partial charge in [0.05, 0.1) is 16.5 Å². The number of halogens is 1. The van der Waals surface area contributed by atoms with Gasteiger partial charge in [0, 0.05) is 15.7 Å². The van der Waals surface area contributed by atoms with Gasteiger partial charge in [0.25, 0.3) is 11.7 Å². The van der Waals surface area contributed by atoms with Crippen LogP contribution in [0.2, 0.25) is 0 Å². The SMILES string of the molecule is NS(=O)(=O)c1ccc(N2C(=O)C(=O)/C(=C(\O)c3ccc(Br)cc3)C2c2ccccc2)cc1. The van der Waals surface area contributed by atoms with Gasteiger partial charge in [-0.25, -0.2) is 13.6 Å². The van der Waals surface area contributed by atoms with Crippen molar-refractivity contribution in [2.45, 2.75) is 10.9 Å². The maximum atomic E-state index is 13.1. The largest absolute Gasteiger partial charge is 0.507 e. The number of hydrogen-bond acceptors (Lipinski definition) is 5. The van der Waals surface area contributed by atoms with Crippen LogP contribution >= 0.6 is 15.9 Å². The molecule has 32 heavy (non-hydrogen) atoms. The summed E-state index contributed by atoms with van der Waals surface area (Å²) in [6.07, 6.45) is 0. The third-order valence-corrected chi connectivity index (χ3v) is 6.58. The van der Waals surface area contributed by atoms with Crippen molar-refractivity contribution in [2.75, 3.05) is 4.90 Å². The van der Waals surface area contributed by atoms with Gasteiger partial charge in [0.1, 0.15) is 5.76 Å². The minimum atomic E-state index is -3.92.